The van der Waals surface area contributed by atoms with E-state index in [1.807, 2.05) is 36.4 Å². The minimum Gasteiger partial charge on any atom is -0.298 e. The van der Waals surface area contributed by atoms with Gasteiger partial charge in [-0.15, -0.1) is 0 Å². The Bertz CT molecular complexity index is 645. The van der Waals surface area contributed by atoms with Crippen LogP contribution in [0.3, 0.4) is 0 Å². The summed E-state index contributed by atoms with van der Waals surface area (Å²) in [6, 6.07) is 20.6. The second-order valence-electron chi connectivity index (χ2n) is 6.04. The van der Waals surface area contributed by atoms with Crippen molar-refractivity contribution in [1.82, 2.24) is 0 Å². The van der Waals surface area contributed by atoms with Gasteiger partial charge in [0, 0.05) is 11.8 Å². The predicted molar refractivity (Wildman–Crippen MR) is 84.0 cm³/mol. The molecule has 1 saturated carbocycles. The van der Waals surface area contributed by atoms with Crippen LogP contribution in [-0.2, 0) is 10.2 Å². The molecule has 2 aliphatic carbocycles. The number of carbonyl (C=O) groups is 1. The number of Topliss-reactive ketones (excluding diaryl/α,β-unsaturated/α-hetero) is 1. The zero-order valence-electron chi connectivity index (χ0n) is 11.9. The van der Waals surface area contributed by atoms with E-state index in [1.54, 1.807) is 0 Å². The Hall–Kier alpha value is -2.15. The van der Waals surface area contributed by atoms with Gasteiger partial charge < -0.3 is 0 Å². The summed E-state index contributed by atoms with van der Waals surface area (Å²) in [7, 11) is 0. The molecule has 2 atom stereocenters. The summed E-state index contributed by atoms with van der Waals surface area (Å²) < 4.78 is 0. The molecule has 4 rings (SSSR count). The van der Waals surface area contributed by atoms with E-state index in [-0.39, 0.29) is 5.92 Å². The molecule has 0 spiro atoms. The smallest absolute Gasteiger partial charge is 0.152 e. The summed E-state index contributed by atoms with van der Waals surface area (Å²) in [4.78, 5) is 13.1. The van der Waals surface area contributed by atoms with Crippen LogP contribution in [0.4, 0.5) is 0 Å². The van der Waals surface area contributed by atoms with E-state index >= 15 is 0 Å². The lowest BCUT2D eigenvalue weighted by Crippen LogP contribution is -2.61. The molecule has 1 heteroatoms. The van der Waals surface area contributed by atoms with Crippen LogP contribution < -0.4 is 0 Å². The molecule has 0 heterocycles. The van der Waals surface area contributed by atoms with Crippen molar-refractivity contribution < 1.29 is 4.79 Å². The molecule has 0 aliphatic heterocycles. The highest BCUT2D eigenvalue weighted by Gasteiger charge is 2.62. The fraction of sp³-hybridized carbons (Fsp3) is 0.250. The molecule has 0 N–H and O–H groups in total. The molecular weight excluding hydrogens is 256 g/mol. The quantitative estimate of drug-likeness (QED) is 0.752. The molecular formula is C20H18O. The highest BCUT2D eigenvalue weighted by Crippen LogP contribution is 2.57. The van der Waals surface area contributed by atoms with E-state index < -0.39 is 5.41 Å². The zero-order valence-corrected chi connectivity index (χ0v) is 11.9. The molecule has 2 aromatic carbocycles. The average Bonchev–Trinajstić information content (AvgIpc) is 2.57. The van der Waals surface area contributed by atoms with Crippen molar-refractivity contribution in [2.45, 2.75) is 18.3 Å². The van der Waals surface area contributed by atoms with Gasteiger partial charge in [-0.05, 0) is 24.0 Å². The molecule has 0 radical (unpaired) electrons. The molecule has 1 fully saturated rings. The van der Waals surface area contributed by atoms with Crippen LogP contribution in [0.2, 0.25) is 0 Å². The lowest BCUT2D eigenvalue weighted by molar-refractivity contribution is -0.142. The SMILES string of the molecule is O=C1[C@@H]2CCC=C[C@@H]2C1(c1ccccc1)c1ccccc1. The lowest BCUT2D eigenvalue weighted by Gasteiger charge is -2.54. The first-order valence-electron chi connectivity index (χ1n) is 7.67. The minimum atomic E-state index is -0.468. The summed E-state index contributed by atoms with van der Waals surface area (Å²) in [5, 5.41) is 0. The first-order valence-corrected chi connectivity index (χ1v) is 7.67. The molecule has 0 unspecified atom stereocenters. The Morgan fingerprint density at radius 1 is 0.857 bits per heavy atom. The Labute approximate surface area is 125 Å². The standard InChI is InChI=1S/C20H18O/c21-19-17-13-7-8-14-18(17)20(19,15-9-3-1-4-10-15)16-11-5-2-6-12-16/h1-6,8-12,14,17-18H,7,13H2/t17-,18+/m1/s1. The van der Waals surface area contributed by atoms with E-state index in [0.717, 1.165) is 24.0 Å². The number of fused-ring (bicyclic) bond motifs is 1. The van der Waals surface area contributed by atoms with Gasteiger partial charge in [0.15, 0.2) is 5.78 Å². The van der Waals surface area contributed by atoms with Gasteiger partial charge in [-0.25, -0.2) is 0 Å². The van der Waals surface area contributed by atoms with E-state index in [9.17, 15) is 4.79 Å². The molecule has 104 valence electrons. The van der Waals surface area contributed by atoms with Gasteiger partial charge in [0.2, 0.25) is 0 Å². The van der Waals surface area contributed by atoms with Gasteiger partial charge in [0.05, 0.1) is 5.41 Å². The van der Waals surface area contributed by atoms with Gasteiger partial charge in [0.25, 0.3) is 0 Å². The van der Waals surface area contributed by atoms with E-state index in [0.29, 0.717) is 11.7 Å². The molecule has 21 heavy (non-hydrogen) atoms. The van der Waals surface area contributed by atoms with Crippen molar-refractivity contribution in [3.63, 3.8) is 0 Å². The number of allylic oxidation sites excluding steroid dienone is 2. The fourth-order valence-corrected chi connectivity index (χ4v) is 4.17. The summed E-state index contributed by atoms with van der Waals surface area (Å²) in [5.74, 6) is 0.910. The summed E-state index contributed by atoms with van der Waals surface area (Å²) in [6.07, 6.45) is 6.55. The maximum absolute atomic E-state index is 13.1. The van der Waals surface area contributed by atoms with E-state index in [1.165, 1.54) is 0 Å². The van der Waals surface area contributed by atoms with Crippen molar-refractivity contribution in [2.75, 3.05) is 0 Å². The Balaban J connectivity index is 1.94. The highest BCUT2D eigenvalue weighted by atomic mass is 16.1. The third kappa shape index (κ3) is 1.61. The summed E-state index contributed by atoms with van der Waals surface area (Å²) in [5.41, 5.74) is 1.80. The predicted octanol–water partition coefficient (Wildman–Crippen LogP) is 4.14. The normalized spacial score (nSPS) is 26.0. The Morgan fingerprint density at radius 3 is 2.00 bits per heavy atom. The van der Waals surface area contributed by atoms with Crippen molar-refractivity contribution in [1.29, 1.82) is 0 Å². The van der Waals surface area contributed by atoms with Gasteiger partial charge >= 0.3 is 0 Å². The maximum atomic E-state index is 13.1. The zero-order chi connectivity index (χ0) is 14.3. The van der Waals surface area contributed by atoms with E-state index in [4.69, 9.17) is 0 Å². The number of rotatable bonds is 2. The molecule has 0 amide bonds. The van der Waals surface area contributed by atoms with E-state index in [2.05, 4.69) is 36.4 Å². The second kappa shape index (κ2) is 4.70. The topological polar surface area (TPSA) is 17.1 Å². The summed E-state index contributed by atoms with van der Waals surface area (Å²) in [6.45, 7) is 0. The largest absolute Gasteiger partial charge is 0.298 e. The molecule has 2 aromatic rings. The first-order chi connectivity index (χ1) is 10.3. The molecule has 0 bridgehead atoms. The number of hydrogen-bond acceptors (Lipinski definition) is 1. The number of benzene rings is 2. The molecule has 0 aromatic heterocycles. The number of ketones is 1. The van der Waals surface area contributed by atoms with Crippen molar-refractivity contribution in [3.8, 4) is 0 Å². The number of hydrogen-bond donors (Lipinski definition) is 0. The van der Waals surface area contributed by atoms with Gasteiger partial charge in [-0.3, -0.25) is 4.79 Å². The van der Waals surface area contributed by atoms with Crippen molar-refractivity contribution >= 4 is 5.78 Å². The summed E-state index contributed by atoms with van der Waals surface area (Å²) >= 11 is 0. The van der Waals surface area contributed by atoms with Crippen LogP contribution in [0.25, 0.3) is 0 Å². The Kier molecular flexibility index (Phi) is 2.81. The fourth-order valence-electron chi connectivity index (χ4n) is 4.17. The van der Waals surface area contributed by atoms with Crippen LogP contribution in [0.15, 0.2) is 72.8 Å². The third-order valence-electron chi connectivity index (χ3n) is 5.10. The minimum absolute atomic E-state index is 0.204. The third-order valence-corrected chi connectivity index (χ3v) is 5.10. The number of carbonyl (C=O) groups excluding carboxylic acids is 1. The van der Waals surface area contributed by atoms with Gasteiger partial charge in [-0.2, -0.15) is 0 Å². The van der Waals surface area contributed by atoms with Crippen LogP contribution in [0.5, 0.6) is 0 Å². The van der Waals surface area contributed by atoms with Crippen LogP contribution in [0, 0.1) is 11.8 Å². The maximum Gasteiger partial charge on any atom is 0.152 e. The molecule has 0 saturated heterocycles. The van der Waals surface area contributed by atoms with Gasteiger partial charge in [-0.1, -0.05) is 72.8 Å². The van der Waals surface area contributed by atoms with Crippen molar-refractivity contribution in [2.24, 2.45) is 11.8 Å². The average molecular weight is 274 g/mol. The molecule has 2 aliphatic rings. The first kappa shape index (κ1) is 12.6. The second-order valence-corrected chi connectivity index (χ2v) is 6.04. The highest BCUT2D eigenvalue weighted by molar-refractivity contribution is 6.03. The van der Waals surface area contributed by atoms with Crippen LogP contribution >= 0.6 is 0 Å². The molecule has 1 nitrogen and oxygen atoms in total. The monoisotopic (exact) mass is 274 g/mol. The Morgan fingerprint density at radius 2 is 1.43 bits per heavy atom. The van der Waals surface area contributed by atoms with Crippen LogP contribution in [-0.4, -0.2) is 5.78 Å². The lowest BCUT2D eigenvalue weighted by atomic mass is 9.45. The van der Waals surface area contributed by atoms with Gasteiger partial charge in [0.1, 0.15) is 0 Å². The van der Waals surface area contributed by atoms with Crippen LogP contribution in [0.1, 0.15) is 24.0 Å². The van der Waals surface area contributed by atoms with Crippen molar-refractivity contribution in [3.05, 3.63) is 83.9 Å².